The van der Waals surface area contributed by atoms with Crippen molar-refractivity contribution < 1.29 is 9.59 Å². The fourth-order valence-corrected chi connectivity index (χ4v) is 4.10. The Hall–Kier alpha value is -1.90. The van der Waals surface area contributed by atoms with E-state index in [1.165, 1.54) is 4.90 Å². The third kappa shape index (κ3) is 1.46. The topological polar surface area (TPSA) is 37.4 Å². The highest BCUT2D eigenvalue weighted by Gasteiger charge is 2.56. The molecule has 1 heterocycles. The Morgan fingerprint density at radius 2 is 1.60 bits per heavy atom. The van der Waals surface area contributed by atoms with Crippen LogP contribution in [0.3, 0.4) is 0 Å². The molecule has 2 amide bonds. The number of allylic oxidation sites excluding steroid dienone is 2. The number of benzene rings is 1. The maximum absolute atomic E-state index is 12.7. The molecule has 3 heteroatoms. The number of aryl methyl sites for hydroxylation is 1. The molecule has 2 bridgehead atoms. The number of hydrogen-bond donors (Lipinski definition) is 0. The summed E-state index contributed by atoms with van der Waals surface area (Å²) in [5, 5.41) is 0. The second kappa shape index (κ2) is 4.05. The molecule has 4 atom stereocenters. The molecule has 1 aromatic carbocycles. The smallest absolute Gasteiger partial charge is 0.238 e. The zero-order valence-electron chi connectivity index (χ0n) is 11.5. The fourth-order valence-electron chi connectivity index (χ4n) is 4.10. The van der Waals surface area contributed by atoms with E-state index >= 15 is 0 Å². The van der Waals surface area contributed by atoms with Crippen molar-refractivity contribution in [3.05, 3.63) is 42.0 Å². The average Bonchev–Trinajstić information content (AvgIpc) is 2.74. The van der Waals surface area contributed by atoms with Gasteiger partial charge in [-0.15, -0.1) is 0 Å². The molecule has 102 valence electrons. The van der Waals surface area contributed by atoms with Crippen molar-refractivity contribution in [1.29, 1.82) is 0 Å². The number of carbonyl (C=O) groups excluding carboxylic acids is 2. The van der Waals surface area contributed by atoms with E-state index in [1.807, 2.05) is 31.2 Å². The number of fused-ring (bicyclic) bond motifs is 1. The van der Waals surface area contributed by atoms with Crippen molar-refractivity contribution in [1.82, 2.24) is 0 Å². The van der Waals surface area contributed by atoms with Crippen molar-refractivity contribution in [3.63, 3.8) is 0 Å². The standard InChI is InChI=1S/C17H17NO2/c1-10-3-2-4-13(9-10)18-16(19)14-11-5-6-12(8-7-11)15(14)17(18)20/h2-6,9,11-12,14-15H,7-8H2,1H3/t11-,12-,14-,15+/m1/s1. The number of nitrogens with zero attached hydrogens (tertiary/aromatic N) is 1. The van der Waals surface area contributed by atoms with E-state index in [1.54, 1.807) is 0 Å². The summed E-state index contributed by atoms with van der Waals surface area (Å²) in [6, 6.07) is 7.66. The normalized spacial score (nSPS) is 34.8. The number of hydrogen-bond acceptors (Lipinski definition) is 2. The van der Waals surface area contributed by atoms with Gasteiger partial charge in [0.25, 0.3) is 0 Å². The molecular formula is C17H17NO2. The van der Waals surface area contributed by atoms with Crippen LogP contribution in [0, 0.1) is 30.6 Å². The predicted molar refractivity (Wildman–Crippen MR) is 76.0 cm³/mol. The second-order valence-corrected chi connectivity index (χ2v) is 6.19. The van der Waals surface area contributed by atoms with Gasteiger partial charge in [0.1, 0.15) is 0 Å². The molecular weight excluding hydrogens is 250 g/mol. The minimum atomic E-state index is -0.119. The van der Waals surface area contributed by atoms with Crippen LogP contribution >= 0.6 is 0 Å². The Labute approximate surface area is 118 Å². The van der Waals surface area contributed by atoms with Gasteiger partial charge >= 0.3 is 0 Å². The third-order valence-corrected chi connectivity index (χ3v) is 5.02. The van der Waals surface area contributed by atoms with E-state index in [4.69, 9.17) is 0 Å². The van der Waals surface area contributed by atoms with Crippen molar-refractivity contribution >= 4 is 17.5 Å². The molecule has 3 aliphatic carbocycles. The average molecular weight is 267 g/mol. The summed E-state index contributed by atoms with van der Waals surface area (Å²) in [5.41, 5.74) is 1.80. The Kier molecular flexibility index (Phi) is 2.40. The van der Waals surface area contributed by atoms with Crippen LogP contribution in [-0.4, -0.2) is 11.8 Å². The number of amides is 2. The van der Waals surface area contributed by atoms with Gasteiger partial charge in [-0.3, -0.25) is 14.5 Å². The molecule has 0 aromatic heterocycles. The molecule has 0 radical (unpaired) electrons. The van der Waals surface area contributed by atoms with Gasteiger partial charge in [-0.2, -0.15) is 0 Å². The molecule has 1 aliphatic heterocycles. The quantitative estimate of drug-likeness (QED) is 0.579. The van der Waals surface area contributed by atoms with Crippen LogP contribution in [0.15, 0.2) is 36.4 Å². The van der Waals surface area contributed by atoms with Gasteiger partial charge in [0.15, 0.2) is 0 Å². The lowest BCUT2D eigenvalue weighted by Crippen LogP contribution is -2.38. The van der Waals surface area contributed by atoms with E-state index in [0.29, 0.717) is 0 Å². The lowest BCUT2D eigenvalue weighted by Gasteiger charge is -2.38. The Bertz CT molecular complexity index is 602. The van der Waals surface area contributed by atoms with Crippen LogP contribution < -0.4 is 4.90 Å². The van der Waals surface area contributed by atoms with Crippen LogP contribution in [0.2, 0.25) is 0 Å². The van der Waals surface area contributed by atoms with Crippen LogP contribution in [-0.2, 0) is 9.59 Å². The minimum Gasteiger partial charge on any atom is -0.274 e. The summed E-state index contributed by atoms with van der Waals surface area (Å²) in [6.45, 7) is 1.98. The van der Waals surface area contributed by atoms with Gasteiger partial charge in [0, 0.05) is 0 Å². The second-order valence-electron chi connectivity index (χ2n) is 6.19. The third-order valence-electron chi connectivity index (χ3n) is 5.02. The first-order chi connectivity index (χ1) is 9.66. The minimum absolute atomic E-state index is 0.00431. The number of anilines is 1. The van der Waals surface area contributed by atoms with Crippen LogP contribution in [0.4, 0.5) is 5.69 Å². The molecule has 3 nitrogen and oxygen atoms in total. The van der Waals surface area contributed by atoms with E-state index < -0.39 is 0 Å². The summed E-state index contributed by atoms with van der Waals surface area (Å²) in [6.07, 6.45) is 6.40. The first-order valence-electron chi connectivity index (χ1n) is 7.29. The lowest BCUT2D eigenvalue weighted by atomic mass is 9.63. The van der Waals surface area contributed by atoms with Gasteiger partial charge in [-0.1, -0.05) is 24.3 Å². The predicted octanol–water partition coefficient (Wildman–Crippen LogP) is 2.70. The number of carbonyl (C=O) groups is 2. The first kappa shape index (κ1) is 11.9. The summed E-state index contributed by atoms with van der Waals surface area (Å²) in [5.74, 6) is 0.292. The highest BCUT2D eigenvalue weighted by molar-refractivity contribution is 6.22. The van der Waals surface area contributed by atoms with Crippen molar-refractivity contribution in [2.45, 2.75) is 19.8 Å². The van der Waals surface area contributed by atoms with Crippen LogP contribution in [0.25, 0.3) is 0 Å². The monoisotopic (exact) mass is 267 g/mol. The van der Waals surface area contributed by atoms with Gasteiger partial charge in [0.2, 0.25) is 11.8 Å². The summed E-state index contributed by atoms with van der Waals surface area (Å²) >= 11 is 0. The van der Waals surface area contributed by atoms with Crippen molar-refractivity contribution in [2.24, 2.45) is 23.7 Å². The van der Waals surface area contributed by atoms with Crippen LogP contribution in [0.1, 0.15) is 18.4 Å². The molecule has 20 heavy (non-hydrogen) atoms. The molecule has 4 aliphatic rings. The zero-order valence-corrected chi connectivity index (χ0v) is 11.5. The maximum Gasteiger partial charge on any atom is 0.238 e. The van der Waals surface area contributed by atoms with Crippen LogP contribution in [0.5, 0.6) is 0 Å². The fraction of sp³-hybridized carbons (Fsp3) is 0.412. The molecule has 0 unspecified atom stereocenters. The van der Waals surface area contributed by atoms with Gasteiger partial charge in [0.05, 0.1) is 17.5 Å². The first-order valence-corrected chi connectivity index (χ1v) is 7.29. The van der Waals surface area contributed by atoms with Gasteiger partial charge in [-0.05, 0) is 49.3 Å². The molecule has 1 saturated heterocycles. The highest BCUT2D eigenvalue weighted by atomic mass is 16.2. The maximum atomic E-state index is 12.7. The molecule has 1 aromatic rings. The Balaban J connectivity index is 1.77. The van der Waals surface area contributed by atoms with E-state index in [9.17, 15) is 9.59 Å². The van der Waals surface area contributed by atoms with E-state index in [2.05, 4.69) is 12.2 Å². The molecule has 5 rings (SSSR count). The number of rotatable bonds is 1. The number of imide groups is 1. The highest BCUT2D eigenvalue weighted by Crippen LogP contribution is 2.50. The zero-order chi connectivity index (χ0) is 13.9. The van der Waals surface area contributed by atoms with Gasteiger partial charge < -0.3 is 0 Å². The Morgan fingerprint density at radius 3 is 2.10 bits per heavy atom. The molecule has 1 saturated carbocycles. The molecule has 0 N–H and O–H groups in total. The largest absolute Gasteiger partial charge is 0.274 e. The van der Waals surface area contributed by atoms with Gasteiger partial charge in [-0.25, -0.2) is 0 Å². The Morgan fingerprint density at radius 1 is 1.00 bits per heavy atom. The van der Waals surface area contributed by atoms with Crippen molar-refractivity contribution in [3.8, 4) is 0 Å². The summed E-state index contributed by atoms with van der Waals surface area (Å²) in [4.78, 5) is 26.9. The summed E-state index contributed by atoms with van der Waals surface area (Å²) < 4.78 is 0. The lowest BCUT2D eigenvalue weighted by molar-refractivity contribution is -0.124. The summed E-state index contributed by atoms with van der Waals surface area (Å²) in [7, 11) is 0. The van der Waals surface area contributed by atoms with E-state index in [0.717, 1.165) is 24.1 Å². The van der Waals surface area contributed by atoms with Crippen molar-refractivity contribution in [2.75, 3.05) is 4.90 Å². The SMILES string of the molecule is Cc1cccc(N2C(=O)[C@@H]3[C@H](C2=O)[C@@H]2C=C[C@@H]3CC2)c1. The molecule has 2 fully saturated rings. The molecule has 0 spiro atoms. The van der Waals surface area contributed by atoms with E-state index in [-0.39, 0.29) is 35.5 Å².